The van der Waals surface area contributed by atoms with E-state index in [2.05, 4.69) is 29.6 Å². The topological polar surface area (TPSA) is 33.6 Å². The highest BCUT2D eigenvalue weighted by atomic mass is 32.2. The molecule has 0 aromatic rings. The molecule has 0 saturated heterocycles. The Balaban J connectivity index is 1.78. The van der Waals surface area contributed by atoms with E-state index in [-0.39, 0.29) is 6.10 Å². The molecule has 8 heteroatoms. The zero-order chi connectivity index (χ0) is 18.4. The maximum Gasteiger partial charge on any atom is 0.330 e. The van der Waals surface area contributed by atoms with Crippen molar-refractivity contribution in [2.75, 3.05) is 26.0 Å². The van der Waals surface area contributed by atoms with Crippen LogP contribution in [-0.2, 0) is 4.74 Å². The molecule has 0 bridgehead atoms. The van der Waals surface area contributed by atoms with Gasteiger partial charge in [-0.25, -0.2) is 8.78 Å². The molecule has 25 heavy (non-hydrogen) atoms. The molecule has 0 aromatic carbocycles. The Morgan fingerprint density at radius 1 is 1.36 bits per heavy atom. The summed E-state index contributed by atoms with van der Waals surface area (Å²) in [7, 11) is 0. The number of amidine groups is 1. The van der Waals surface area contributed by atoms with Crippen LogP contribution in [0.3, 0.4) is 0 Å². The van der Waals surface area contributed by atoms with E-state index >= 15 is 0 Å². The number of ether oxygens (including phenoxy) is 1. The van der Waals surface area contributed by atoms with Crippen molar-refractivity contribution in [3.8, 4) is 0 Å². The number of nitrogens with zero attached hydrogens (tertiary/aromatic N) is 1. The average molecular weight is 382 g/mol. The number of rotatable bonds is 7. The zero-order valence-corrected chi connectivity index (χ0v) is 15.4. The molecule has 1 atom stereocenters. The summed E-state index contributed by atoms with van der Waals surface area (Å²) in [5, 5.41) is 3.83. The second kappa shape index (κ2) is 9.26. The van der Waals surface area contributed by atoms with Crippen LogP contribution in [0.2, 0.25) is 0 Å². The molecule has 1 heterocycles. The second-order valence-corrected chi connectivity index (χ2v) is 7.84. The van der Waals surface area contributed by atoms with Crippen LogP contribution in [0.4, 0.5) is 17.6 Å². The van der Waals surface area contributed by atoms with E-state index in [1.54, 1.807) is 11.8 Å². The highest BCUT2D eigenvalue weighted by molar-refractivity contribution is 7.99. The van der Waals surface area contributed by atoms with Crippen molar-refractivity contribution in [1.82, 2.24) is 5.32 Å². The number of hydrogen-bond donors (Lipinski definition) is 1. The third-order valence-electron chi connectivity index (χ3n) is 4.82. The van der Waals surface area contributed by atoms with Crippen molar-refractivity contribution in [3.63, 3.8) is 0 Å². The number of aliphatic imine (C=N–C) groups is 1. The van der Waals surface area contributed by atoms with Crippen LogP contribution in [-0.4, -0.2) is 55.5 Å². The van der Waals surface area contributed by atoms with Crippen LogP contribution in [0.15, 0.2) is 16.6 Å². The van der Waals surface area contributed by atoms with Crippen LogP contribution >= 0.6 is 11.8 Å². The molecule has 0 amide bonds. The molecule has 1 aliphatic heterocycles. The Morgan fingerprint density at radius 3 is 2.56 bits per heavy atom. The number of hydrogen-bond acceptors (Lipinski definition) is 4. The molecule has 1 N–H and O–H groups in total. The predicted molar refractivity (Wildman–Crippen MR) is 94.0 cm³/mol. The number of thioether (sulfide) groups is 1. The summed E-state index contributed by atoms with van der Waals surface area (Å²) in [6.07, 6.45) is 2.96. The minimum absolute atomic E-state index is 0.359. The molecule has 3 nitrogen and oxygen atoms in total. The molecule has 1 fully saturated rings. The molecule has 1 saturated carbocycles. The molecular weight excluding hydrogens is 356 g/mol. The van der Waals surface area contributed by atoms with E-state index in [0.29, 0.717) is 24.0 Å². The second-order valence-electron chi connectivity index (χ2n) is 6.70. The number of nitrogens with one attached hydrogen (secondary N) is 1. The monoisotopic (exact) mass is 382 g/mol. The van der Waals surface area contributed by atoms with Gasteiger partial charge in [0.15, 0.2) is 0 Å². The van der Waals surface area contributed by atoms with Crippen molar-refractivity contribution >= 4 is 17.6 Å². The van der Waals surface area contributed by atoms with Gasteiger partial charge in [-0.3, -0.25) is 4.99 Å². The first-order chi connectivity index (χ1) is 11.8. The van der Waals surface area contributed by atoms with Gasteiger partial charge in [0.2, 0.25) is 0 Å². The standard InChI is InChI=1S/C17H26F4N2OS/c1-11(7-15-22-8-14(25-2)9-23-15)12-3-5-13(6-4-12)24-10-17(20,21)16(18)19/h7,12-14,16H,3-6,8-10H2,1-2H3,(H,22,23)/b11-7+. The quantitative estimate of drug-likeness (QED) is 0.672. The molecule has 144 valence electrons. The Labute approximate surface area is 150 Å². The van der Waals surface area contributed by atoms with Gasteiger partial charge >= 0.3 is 12.3 Å². The van der Waals surface area contributed by atoms with Gasteiger partial charge in [0, 0.05) is 11.8 Å². The normalized spacial score (nSPS) is 28.7. The summed E-state index contributed by atoms with van der Waals surface area (Å²) in [5.41, 5.74) is 1.21. The van der Waals surface area contributed by atoms with Crippen LogP contribution in [0.5, 0.6) is 0 Å². The first-order valence-corrected chi connectivity index (χ1v) is 9.87. The van der Waals surface area contributed by atoms with Gasteiger partial charge < -0.3 is 10.1 Å². The largest absolute Gasteiger partial charge is 0.372 e. The number of allylic oxidation sites excluding steroid dienone is 1. The fraction of sp³-hybridized carbons (Fsp3) is 0.824. The van der Waals surface area contributed by atoms with Gasteiger partial charge in [0.05, 0.1) is 12.6 Å². The van der Waals surface area contributed by atoms with Gasteiger partial charge in [-0.15, -0.1) is 0 Å². The van der Waals surface area contributed by atoms with Crippen LogP contribution < -0.4 is 5.32 Å². The Kier molecular flexibility index (Phi) is 7.61. The van der Waals surface area contributed by atoms with Crippen LogP contribution in [0, 0.1) is 5.92 Å². The van der Waals surface area contributed by atoms with Crippen molar-refractivity contribution in [2.45, 2.75) is 56.3 Å². The van der Waals surface area contributed by atoms with Crippen molar-refractivity contribution in [3.05, 3.63) is 11.6 Å². The molecule has 0 spiro atoms. The molecule has 0 aromatic heterocycles. The minimum Gasteiger partial charge on any atom is -0.372 e. The third kappa shape index (κ3) is 6.16. The van der Waals surface area contributed by atoms with Gasteiger partial charge in [-0.05, 0) is 50.9 Å². The van der Waals surface area contributed by atoms with E-state index in [4.69, 9.17) is 4.74 Å². The van der Waals surface area contributed by atoms with Crippen LogP contribution in [0.25, 0.3) is 0 Å². The lowest BCUT2D eigenvalue weighted by molar-refractivity contribution is -0.178. The van der Waals surface area contributed by atoms with Crippen molar-refractivity contribution in [2.24, 2.45) is 10.9 Å². The van der Waals surface area contributed by atoms with Gasteiger partial charge in [-0.1, -0.05) is 5.57 Å². The predicted octanol–water partition coefficient (Wildman–Crippen LogP) is 4.14. The Bertz CT molecular complexity index is 491. The summed E-state index contributed by atoms with van der Waals surface area (Å²) in [6.45, 7) is 2.57. The summed E-state index contributed by atoms with van der Waals surface area (Å²) in [6, 6.07) is 0. The SMILES string of the molecule is CSC1CN=C(/C=C(\C)C2CCC(OCC(F)(F)C(F)F)CC2)NC1. The van der Waals surface area contributed by atoms with Gasteiger partial charge in [-0.2, -0.15) is 20.5 Å². The van der Waals surface area contributed by atoms with E-state index in [1.807, 2.05) is 0 Å². The van der Waals surface area contributed by atoms with Crippen LogP contribution in [0.1, 0.15) is 32.6 Å². The molecular formula is C17H26F4N2OS. The lowest BCUT2D eigenvalue weighted by atomic mass is 9.82. The smallest absolute Gasteiger partial charge is 0.330 e. The Hall–Kier alpha value is -0.760. The highest BCUT2D eigenvalue weighted by Crippen LogP contribution is 2.32. The van der Waals surface area contributed by atoms with E-state index < -0.39 is 19.0 Å². The number of alkyl halides is 4. The maximum atomic E-state index is 12.9. The number of halogens is 4. The lowest BCUT2D eigenvalue weighted by Crippen LogP contribution is -2.37. The summed E-state index contributed by atoms with van der Waals surface area (Å²) >= 11 is 1.80. The fourth-order valence-electron chi connectivity index (χ4n) is 3.10. The summed E-state index contributed by atoms with van der Waals surface area (Å²) in [5.74, 6) is -2.80. The van der Waals surface area contributed by atoms with Crippen molar-refractivity contribution < 1.29 is 22.3 Å². The average Bonchev–Trinajstić information content (AvgIpc) is 2.61. The van der Waals surface area contributed by atoms with Gasteiger partial charge in [0.25, 0.3) is 0 Å². The zero-order valence-electron chi connectivity index (χ0n) is 14.6. The van der Waals surface area contributed by atoms with Crippen molar-refractivity contribution in [1.29, 1.82) is 0 Å². The first-order valence-electron chi connectivity index (χ1n) is 8.58. The first kappa shape index (κ1) is 20.6. The minimum atomic E-state index is -4.06. The molecule has 1 aliphatic carbocycles. The molecule has 2 aliphatic rings. The lowest BCUT2D eigenvalue weighted by Gasteiger charge is -2.30. The molecule has 1 unspecified atom stereocenters. The summed E-state index contributed by atoms with van der Waals surface area (Å²) in [4.78, 5) is 4.53. The Morgan fingerprint density at radius 2 is 2.04 bits per heavy atom. The van der Waals surface area contributed by atoms with E-state index in [0.717, 1.165) is 31.8 Å². The highest BCUT2D eigenvalue weighted by Gasteiger charge is 2.41. The third-order valence-corrected chi connectivity index (χ3v) is 5.81. The van der Waals surface area contributed by atoms with E-state index in [9.17, 15) is 17.6 Å². The van der Waals surface area contributed by atoms with E-state index in [1.165, 1.54) is 5.57 Å². The summed E-state index contributed by atoms with van der Waals surface area (Å²) < 4.78 is 55.1. The fourth-order valence-corrected chi connectivity index (χ4v) is 3.58. The molecule has 0 radical (unpaired) electrons. The van der Waals surface area contributed by atoms with Gasteiger partial charge in [0.1, 0.15) is 12.4 Å². The molecule has 2 rings (SSSR count). The maximum absolute atomic E-state index is 12.9.